The maximum atomic E-state index is 11.1. The zero-order valence-electron chi connectivity index (χ0n) is 12.3. The minimum absolute atomic E-state index is 0.0330. The van der Waals surface area contributed by atoms with Crippen molar-refractivity contribution in [3.8, 4) is 0 Å². The van der Waals surface area contributed by atoms with Crippen LogP contribution < -0.4 is 0 Å². The highest BCUT2D eigenvalue weighted by Gasteiger charge is 2.27. The molecule has 0 saturated carbocycles. The van der Waals surface area contributed by atoms with E-state index in [-0.39, 0.29) is 6.04 Å². The van der Waals surface area contributed by atoms with Crippen LogP contribution in [-0.2, 0) is 13.0 Å². The predicted molar refractivity (Wildman–Crippen MR) is 80.3 cm³/mol. The van der Waals surface area contributed by atoms with Gasteiger partial charge in [-0.2, -0.15) is 0 Å². The van der Waals surface area contributed by atoms with Crippen LogP contribution in [0.4, 0.5) is 4.79 Å². The highest BCUT2D eigenvalue weighted by molar-refractivity contribution is 5.65. The Labute approximate surface area is 127 Å². The molecule has 1 aliphatic heterocycles. The molecule has 2 aromatic heterocycles. The van der Waals surface area contributed by atoms with Crippen LogP contribution in [0.15, 0.2) is 24.9 Å². The van der Waals surface area contributed by atoms with E-state index in [9.17, 15) is 4.79 Å². The van der Waals surface area contributed by atoms with Crippen LogP contribution in [0, 0.1) is 0 Å². The summed E-state index contributed by atoms with van der Waals surface area (Å²) in [4.78, 5) is 16.7. The fraction of sp³-hybridized carbons (Fsp3) is 0.333. The van der Waals surface area contributed by atoms with Crippen LogP contribution in [0.25, 0.3) is 6.08 Å². The van der Waals surface area contributed by atoms with E-state index in [2.05, 4.69) is 21.9 Å². The molecule has 3 rings (SSSR count). The highest BCUT2D eigenvalue weighted by Crippen LogP contribution is 2.25. The van der Waals surface area contributed by atoms with Gasteiger partial charge in [0.1, 0.15) is 5.69 Å². The van der Waals surface area contributed by atoms with Crippen LogP contribution in [0.1, 0.15) is 35.6 Å². The maximum Gasteiger partial charge on any atom is 0.407 e. The van der Waals surface area contributed by atoms with Gasteiger partial charge in [-0.15, -0.1) is 5.10 Å². The second kappa shape index (κ2) is 5.59. The topological polar surface area (TPSA) is 84.1 Å². The van der Waals surface area contributed by atoms with Crippen molar-refractivity contribution >= 4 is 12.2 Å². The molecule has 1 unspecified atom stereocenters. The summed E-state index contributed by atoms with van der Waals surface area (Å²) in [5.74, 6) is 0. The average Bonchev–Trinajstić information content (AvgIpc) is 2.97. The van der Waals surface area contributed by atoms with E-state index in [1.165, 1.54) is 4.90 Å². The van der Waals surface area contributed by atoms with E-state index in [4.69, 9.17) is 5.11 Å². The summed E-state index contributed by atoms with van der Waals surface area (Å²) in [5, 5.41) is 17.5. The van der Waals surface area contributed by atoms with Gasteiger partial charge < -0.3 is 10.0 Å². The number of amides is 1. The van der Waals surface area contributed by atoms with E-state index < -0.39 is 6.09 Å². The Hall–Kier alpha value is -2.70. The number of nitrogens with zero attached hydrogens (tertiary/aromatic N) is 5. The lowest BCUT2D eigenvalue weighted by Gasteiger charge is -2.25. The van der Waals surface area contributed by atoms with Crippen molar-refractivity contribution in [3.63, 3.8) is 0 Å². The SMILES string of the molecule is C=Cc1ncccc1C(C)n1nnc2c1CCN(C(=O)O)C2. The first-order valence-electron chi connectivity index (χ1n) is 7.10. The summed E-state index contributed by atoms with van der Waals surface area (Å²) in [6.45, 7) is 6.58. The van der Waals surface area contributed by atoms with Crippen molar-refractivity contribution in [3.05, 3.63) is 47.6 Å². The fourth-order valence-electron chi connectivity index (χ4n) is 2.79. The van der Waals surface area contributed by atoms with Crippen molar-refractivity contribution in [1.82, 2.24) is 24.9 Å². The molecule has 22 heavy (non-hydrogen) atoms. The number of rotatable bonds is 3. The molecule has 0 bridgehead atoms. The monoisotopic (exact) mass is 299 g/mol. The number of carboxylic acid groups (broad SMARTS) is 1. The summed E-state index contributed by atoms with van der Waals surface area (Å²) in [5.41, 5.74) is 3.56. The first kappa shape index (κ1) is 14.2. The molecular formula is C15H17N5O2. The van der Waals surface area contributed by atoms with Gasteiger partial charge in [0.2, 0.25) is 0 Å². The lowest BCUT2D eigenvalue weighted by Crippen LogP contribution is -2.35. The van der Waals surface area contributed by atoms with Crippen LogP contribution in [-0.4, -0.2) is 42.6 Å². The summed E-state index contributed by atoms with van der Waals surface area (Å²) in [7, 11) is 0. The van der Waals surface area contributed by atoms with Gasteiger partial charge in [-0.3, -0.25) is 4.98 Å². The molecule has 1 N–H and O–H groups in total. The van der Waals surface area contributed by atoms with E-state index in [0.717, 1.165) is 22.6 Å². The van der Waals surface area contributed by atoms with Gasteiger partial charge in [0, 0.05) is 24.7 Å². The number of hydrogen-bond donors (Lipinski definition) is 1. The molecule has 0 fully saturated rings. The van der Waals surface area contributed by atoms with Gasteiger partial charge in [0.25, 0.3) is 0 Å². The largest absolute Gasteiger partial charge is 0.465 e. The molecule has 3 heterocycles. The van der Waals surface area contributed by atoms with Crippen LogP contribution in [0.2, 0.25) is 0 Å². The van der Waals surface area contributed by atoms with Gasteiger partial charge in [-0.05, 0) is 19.1 Å². The van der Waals surface area contributed by atoms with E-state index in [0.29, 0.717) is 19.5 Å². The highest BCUT2D eigenvalue weighted by atomic mass is 16.4. The van der Waals surface area contributed by atoms with Crippen LogP contribution in [0.5, 0.6) is 0 Å². The zero-order chi connectivity index (χ0) is 15.7. The number of aromatic nitrogens is 4. The quantitative estimate of drug-likeness (QED) is 0.936. The Morgan fingerprint density at radius 3 is 3.09 bits per heavy atom. The molecule has 7 nitrogen and oxygen atoms in total. The van der Waals surface area contributed by atoms with Crippen LogP contribution in [0.3, 0.4) is 0 Å². The van der Waals surface area contributed by atoms with Crippen molar-refractivity contribution in [2.45, 2.75) is 25.9 Å². The van der Waals surface area contributed by atoms with Gasteiger partial charge in [-0.1, -0.05) is 17.9 Å². The van der Waals surface area contributed by atoms with E-state index in [1.807, 2.05) is 23.7 Å². The average molecular weight is 299 g/mol. The molecule has 2 aromatic rings. The number of fused-ring (bicyclic) bond motifs is 1. The van der Waals surface area contributed by atoms with Crippen molar-refractivity contribution < 1.29 is 9.90 Å². The minimum Gasteiger partial charge on any atom is -0.465 e. The standard InChI is InChI=1S/C15H17N5O2/c1-3-12-11(5-4-7-16-12)10(2)20-14-6-8-19(15(21)22)9-13(14)17-18-20/h3-5,7,10H,1,6,8-9H2,2H3,(H,21,22). The summed E-state index contributed by atoms with van der Waals surface area (Å²) >= 11 is 0. The molecule has 0 radical (unpaired) electrons. The Kier molecular flexibility index (Phi) is 3.62. The maximum absolute atomic E-state index is 11.1. The van der Waals surface area contributed by atoms with E-state index >= 15 is 0 Å². The minimum atomic E-state index is -0.922. The van der Waals surface area contributed by atoms with Crippen molar-refractivity contribution in [2.24, 2.45) is 0 Å². The van der Waals surface area contributed by atoms with Gasteiger partial charge in [0.15, 0.2) is 0 Å². The molecule has 0 aromatic carbocycles. The normalized spacial score (nSPS) is 15.2. The number of carbonyl (C=O) groups is 1. The molecule has 7 heteroatoms. The molecule has 1 aliphatic rings. The lowest BCUT2D eigenvalue weighted by molar-refractivity contribution is 0.138. The van der Waals surface area contributed by atoms with E-state index in [1.54, 1.807) is 12.3 Å². The first-order chi connectivity index (χ1) is 10.6. The van der Waals surface area contributed by atoms with Gasteiger partial charge in [-0.25, -0.2) is 9.48 Å². The Balaban J connectivity index is 1.94. The second-order valence-electron chi connectivity index (χ2n) is 5.24. The fourth-order valence-corrected chi connectivity index (χ4v) is 2.79. The third-order valence-corrected chi connectivity index (χ3v) is 3.98. The van der Waals surface area contributed by atoms with Crippen molar-refractivity contribution in [2.75, 3.05) is 6.54 Å². The first-order valence-corrected chi connectivity index (χ1v) is 7.10. The van der Waals surface area contributed by atoms with Gasteiger partial charge in [0.05, 0.1) is 24.0 Å². The Bertz CT molecular complexity index is 724. The molecule has 114 valence electrons. The molecule has 1 amide bonds. The molecule has 0 saturated heterocycles. The van der Waals surface area contributed by atoms with Crippen LogP contribution >= 0.6 is 0 Å². The Morgan fingerprint density at radius 1 is 1.55 bits per heavy atom. The summed E-state index contributed by atoms with van der Waals surface area (Å²) in [6.07, 6.45) is 3.15. The third kappa shape index (κ3) is 2.34. The third-order valence-electron chi connectivity index (χ3n) is 3.98. The molecule has 0 aliphatic carbocycles. The smallest absolute Gasteiger partial charge is 0.407 e. The predicted octanol–water partition coefficient (Wildman–Crippen LogP) is 1.96. The number of pyridine rings is 1. The molecular weight excluding hydrogens is 282 g/mol. The second-order valence-corrected chi connectivity index (χ2v) is 5.24. The summed E-state index contributed by atoms with van der Waals surface area (Å²) in [6, 6.07) is 3.85. The number of hydrogen-bond acceptors (Lipinski definition) is 4. The lowest BCUT2D eigenvalue weighted by atomic mass is 10.1. The zero-order valence-corrected chi connectivity index (χ0v) is 12.3. The summed E-state index contributed by atoms with van der Waals surface area (Å²) < 4.78 is 1.86. The Morgan fingerprint density at radius 2 is 2.36 bits per heavy atom. The van der Waals surface area contributed by atoms with Gasteiger partial charge >= 0.3 is 6.09 Å². The van der Waals surface area contributed by atoms with Crippen molar-refractivity contribution in [1.29, 1.82) is 0 Å². The molecule has 0 spiro atoms. The molecule has 1 atom stereocenters.